The predicted octanol–water partition coefficient (Wildman–Crippen LogP) is 2.33. The van der Waals surface area contributed by atoms with E-state index < -0.39 is 10.0 Å². The van der Waals surface area contributed by atoms with Crippen LogP contribution >= 0.6 is 0 Å². The van der Waals surface area contributed by atoms with Crippen molar-refractivity contribution in [2.75, 3.05) is 26.4 Å². The molecule has 0 aromatic heterocycles. The van der Waals surface area contributed by atoms with E-state index in [9.17, 15) is 13.2 Å². The molecule has 1 amide bonds. The molecular weight excluding hydrogens is 312 g/mol. The first-order chi connectivity index (χ1) is 10.8. The molecule has 6 heteroatoms. The topological polar surface area (TPSA) is 57.7 Å². The Morgan fingerprint density at radius 3 is 2.70 bits per heavy atom. The van der Waals surface area contributed by atoms with Crippen LogP contribution in [0, 0.1) is 6.92 Å². The van der Waals surface area contributed by atoms with Gasteiger partial charge in [0.1, 0.15) is 0 Å². The molecule has 0 aliphatic carbocycles. The van der Waals surface area contributed by atoms with Gasteiger partial charge in [0.2, 0.25) is 15.9 Å². The van der Waals surface area contributed by atoms with Gasteiger partial charge in [-0.05, 0) is 25.3 Å². The molecular formula is C17H26N2O3S. The summed E-state index contributed by atoms with van der Waals surface area (Å²) in [6.45, 7) is 2.64. The molecule has 0 bridgehead atoms. The van der Waals surface area contributed by atoms with Crippen LogP contribution in [0.1, 0.15) is 42.9 Å². The Morgan fingerprint density at radius 2 is 2.04 bits per heavy atom. The summed E-state index contributed by atoms with van der Waals surface area (Å²) >= 11 is 0. The Kier molecular flexibility index (Phi) is 5.81. The zero-order chi connectivity index (χ0) is 17.0. The Labute approximate surface area is 139 Å². The molecule has 1 aliphatic rings. The van der Waals surface area contributed by atoms with Gasteiger partial charge >= 0.3 is 0 Å². The van der Waals surface area contributed by atoms with Crippen LogP contribution in [0.2, 0.25) is 0 Å². The lowest BCUT2D eigenvalue weighted by atomic mass is 9.99. The van der Waals surface area contributed by atoms with E-state index in [-0.39, 0.29) is 18.5 Å². The van der Waals surface area contributed by atoms with Crippen molar-refractivity contribution in [2.24, 2.45) is 0 Å². The number of hydrogen-bond donors (Lipinski definition) is 0. The molecule has 0 radical (unpaired) electrons. The van der Waals surface area contributed by atoms with Gasteiger partial charge in [-0.15, -0.1) is 0 Å². The fourth-order valence-corrected chi connectivity index (χ4v) is 3.37. The zero-order valence-corrected chi connectivity index (χ0v) is 15.0. The van der Waals surface area contributed by atoms with Gasteiger partial charge in [0, 0.05) is 13.6 Å². The number of aryl methyl sites for hydroxylation is 1. The first kappa shape index (κ1) is 17.9. The van der Waals surface area contributed by atoms with Crippen molar-refractivity contribution in [1.82, 2.24) is 9.21 Å². The minimum Gasteiger partial charge on any atom is -0.335 e. The Balaban J connectivity index is 2.23. The molecule has 0 unspecified atom stereocenters. The standard InChI is InChI=1S/C17H26N2O3S/c1-14-8-7-9-15(12-14)16-10-5-4-6-11-19(16)17(20)13-18(2)23(3,21)22/h7-9,12,16H,4-6,10-11,13H2,1-3H3/t16-/m0/s1. The lowest BCUT2D eigenvalue weighted by Crippen LogP contribution is -2.42. The molecule has 0 saturated carbocycles. The van der Waals surface area contributed by atoms with Crippen molar-refractivity contribution in [1.29, 1.82) is 0 Å². The molecule has 1 saturated heterocycles. The van der Waals surface area contributed by atoms with E-state index >= 15 is 0 Å². The quantitative estimate of drug-likeness (QED) is 0.846. The maximum atomic E-state index is 12.7. The average Bonchev–Trinajstić information content (AvgIpc) is 2.71. The van der Waals surface area contributed by atoms with Crippen molar-refractivity contribution in [3.8, 4) is 0 Å². The number of carbonyl (C=O) groups is 1. The van der Waals surface area contributed by atoms with Crippen LogP contribution in [0.5, 0.6) is 0 Å². The number of likely N-dealkylation sites (tertiary alicyclic amines) is 1. The summed E-state index contributed by atoms with van der Waals surface area (Å²) in [6, 6.07) is 8.28. The predicted molar refractivity (Wildman–Crippen MR) is 91.6 cm³/mol. The number of benzene rings is 1. The number of amides is 1. The van der Waals surface area contributed by atoms with E-state index in [1.807, 2.05) is 24.0 Å². The van der Waals surface area contributed by atoms with Crippen molar-refractivity contribution < 1.29 is 13.2 Å². The van der Waals surface area contributed by atoms with E-state index in [0.29, 0.717) is 6.54 Å². The minimum absolute atomic E-state index is 0.0397. The summed E-state index contributed by atoms with van der Waals surface area (Å²) in [5.41, 5.74) is 2.31. The number of likely N-dealkylation sites (N-methyl/N-ethyl adjacent to an activating group) is 1. The third kappa shape index (κ3) is 4.78. The van der Waals surface area contributed by atoms with E-state index in [0.717, 1.165) is 41.8 Å². The van der Waals surface area contributed by atoms with Crippen LogP contribution in [-0.4, -0.2) is 49.9 Å². The zero-order valence-electron chi connectivity index (χ0n) is 14.2. The highest BCUT2D eigenvalue weighted by molar-refractivity contribution is 7.88. The van der Waals surface area contributed by atoms with Gasteiger partial charge in [-0.25, -0.2) is 8.42 Å². The molecule has 1 atom stereocenters. The molecule has 0 N–H and O–H groups in total. The molecule has 1 aromatic carbocycles. The van der Waals surface area contributed by atoms with Crippen molar-refractivity contribution in [3.63, 3.8) is 0 Å². The number of carbonyl (C=O) groups excluding carboxylic acids is 1. The van der Waals surface area contributed by atoms with Crippen molar-refractivity contribution >= 4 is 15.9 Å². The molecule has 1 heterocycles. The lowest BCUT2D eigenvalue weighted by molar-refractivity contribution is -0.133. The number of rotatable bonds is 4. The highest BCUT2D eigenvalue weighted by Crippen LogP contribution is 2.30. The summed E-state index contributed by atoms with van der Waals surface area (Å²) in [5.74, 6) is -0.119. The lowest BCUT2D eigenvalue weighted by Gasteiger charge is -2.32. The Bertz CT molecular complexity index is 658. The summed E-state index contributed by atoms with van der Waals surface area (Å²) in [7, 11) is -1.90. The molecule has 5 nitrogen and oxygen atoms in total. The average molecular weight is 338 g/mol. The second-order valence-corrected chi connectivity index (χ2v) is 8.47. The number of sulfonamides is 1. The second-order valence-electron chi connectivity index (χ2n) is 6.39. The fourth-order valence-electron chi connectivity index (χ4n) is 3.03. The normalized spacial score (nSPS) is 19.7. The largest absolute Gasteiger partial charge is 0.335 e. The van der Waals surface area contributed by atoms with Gasteiger partial charge < -0.3 is 4.90 Å². The van der Waals surface area contributed by atoms with Crippen LogP contribution in [0.4, 0.5) is 0 Å². The Morgan fingerprint density at radius 1 is 1.30 bits per heavy atom. The van der Waals surface area contributed by atoms with E-state index in [2.05, 4.69) is 12.1 Å². The summed E-state index contributed by atoms with van der Waals surface area (Å²) in [6.07, 6.45) is 5.22. The molecule has 128 valence electrons. The van der Waals surface area contributed by atoms with Crippen LogP contribution in [0.15, 0.2) is 24.3 Å². The molecule has 0 spiro atoms. The highest BCUT2D eigenvalue weighted by atomic mass is 32.2. The smallest absolute Gasteiger partial charge is 0.238 e. The molecule has 23 heavy (non-hydrogen) atoms. The summed E-state index contributed by atoms with van der Waals surface area (Å²) in [4.78, 5) is 14.6. The minimum atomic E-state index is -3.35. The van der Waals surface area contributed by atoms with Gasteiger partial charge in [0.15, 0.2) is 0 Å². The van der Waals surface area contributed by atoms with Crippen molar-refractivity contribution in [2.45, 2.75) is 38.6 Å². The van der Waals surface area contributed by atoms with Crippen LogP contribution in [0.25, 0.3) is 0 Å². The Hall–Kier alpha value is -1.40. The molecule has 1 aliphatic heterocycles. The maximum absolute atomic E-state index is 12.7. The summed E-state index contributed by atoms with van der Waals surface area (Å²) in [5, 5.41) is 0. The van der Waals surface area contributed by atoms with Crippen molar-refractivity contribution in [3.05, 3.63) is 35.4 Å². The monoisotopic (exact) mass is 338 g/mol. The van der Waals surface area contributed by atoms with Gasteiger partial charge in [-0.1, -0.05) is 42.7 Å². The number of nitrogens with zero attached hydrogens (tertiary/aromatic N) is 2. The van der Waals surface area contributed by atoms with E-state index in [1.165, 1.54) is 12.6 Å². The fraction of sp³-hybridized carbons (Fsp3) is 0.588. The third-order valence-corrected chi connectivity index (χ3v) is 5.69. The van der Waals surface area contributed by atoms with E-state index in [1.54, 1.807) is 0 Å². The highest BCUT2D eigenvalue weighted by Gasteiger charge is 2.28. The number of hydrogen-bond acceptors (Lipinski definition) is 3. The molecule has 2 rings (SSSR count). The van der Waals surface area contributed by atoms with E-state index in [4.69, 9.17) is 0 Å². The van der Waals surface area contributed by atoms with Gasteiger partial charge in [-0.3, -0.25) is 4.79 Å². The van der Waals surface area contributed by atoms with Gasteiger partial charge in [0.25, 0.3) is 0 Å². The van der Waals surface area contributed by atoms with Crippen LogP contribution in [0.3, 0.4) is 0 Å². The molecule has 1 fully saturated rings. The maximum Gasteiger partial charge on any atom is 0.238 e. The third-order valence-electron chi connectivity index (χ3n) is 4.42. The van der Waals surface area contributed by atoms with Gasteiger partial charge in [-0.2, -0.15) is 4.31 Å². The SMILES string of the molecule is Cc1cccc([C@@H]2CCCCCN2C(=O)CN(C)S(C)(=O)=O)c1. The summed E-state index contributed by atoms with van der Waals surface area (Å²) < 4.78 is 24.3. The van der Waals surface area contributed by atoms with Gasteiger partial charge in [0.05, 0.1) is 18.8 Å². The first-order valence-corrected chi connectivity index (χ1v) is 9.91. The second kappa shape index (κ2) is 7.45. The van der Waals surface area contributed by atoms with Crippen LogP contribution in [-0.2, 0) is 14.8 Å². The van der Waals surface area contributed by atoms with Crippen LogP contribution < -0.4 is 0 Å². The first-order valence-electron chi connectivity index (χ1n) is 8.06. The molecule has 1 aromatic rings.